The smallest absolute Gasteiger partial charge is 0.225 e. The van der Waals surface area contributed by atoms with Gasteiger partial charge in [-0.05, 0) is 53.6 Å². The molecule has 2 amide bonds. The zero-order valence-corrected chi connectivity index (χ0v) is 16.6. The first kappa shape index (κ1) is 17.3. The number of nitrogens with one attached hydrogen (secondary N) is 1. The Morgan fingerprint density at radius 1 is 1.11 bits per heavy atom. The molecular weight excluding hydrogens is 336 g/mol. The minimum Gasteiger partial charge on any atom is -0.351 e. The van der Waals surface area contributed by atoms with E-state index >= 15 is 0 Å². The first-order chi connectivity index (χ1) is 12.8. The molecule has 4 heteroatoms. The summed E-state index contributed by atoms with van der Waals surface area (Å²) in [5.41, 5.74) is 2.98. The summed E-state index contributed by atoms with van der Waals surface area (Å²) in [6, 6.07) is 9.15. The lowest BCUT2D eigenvalue weighted by molar-refractivity contribution is -0.141. The molecule has 2 saturated carbocycles. The number of fused-ring (bicyclic) bond motifs is 1. The summed E-state index contributed by atoms with van der Waals surface area (Å²) in [5.74, 6) is 2.55. The van der Waals surface area contributed by atoms with E-state index < -0.39 is 0 Å². The van der Waals surface area contributed by atoms with E-state index in [1.54, 1.807) is 0 Å². The lowest BCUT2D eigenvalue weighted by Gasteiger charge is -2.45. The number of benzene rings is 1. The fourth-order valence-corrected chi connectivity index (χ4v) is 5.80. The maximum Gasteiger partial charge on any atom is 0.225 e. The van der Waals surface area contributed by atoms with Crippen LogP contribution >= 0.6 is 0 Å². The van der Waals surface area contributed by atoms with Crippen LogP contribution in [-0.4, -0.2) is 35.3 Å². The number of piperidine rings is 1. The molecule has 4 aliphatic rings. The first-order valence-electron chi connectivity index (χ1n) is 10.5. The third-order valence-electron chi connectivity index (χ3n) is 7.53. The van der Waals surface area contributed by atoms with Gasteiger partial charge in [-0.15, -0.1) is 0 Å². The van der Waals surface area contributed by atoms with Crippen LogP contribution in [0.3, 0.4) is 0 Å². The molecule has 0 bridgehead atoms. The topological polar surface area (TPSA) is 49.4 Å². The van der Waals surface area contributed by atoms with Crippen molar-refractivity contribution in [3.05, 3.63) is 35.4 Å². The van der Waals surface area contributed by atoms with Crippen LogP contribution in [0.25, 0.3) is 0 Å². The van der Waals surface area contributed by atoms with Gasteiger partial charge in [0.05, 0.1) is 0 Å². The second kappa shape index (κ2) is 5.59. The largest absolute Gasteiger partial charge is 0.351 e. The van der Waals surface area contributed by atoms with Crippen LogP contribution in [0.1, 0.15) is 63.5 Å². The van der Waals surface area contributed by atoms with Crippen molar-refractivity contribution in [1.82, 2.24) is 10.2 Å². The molecule has 27 heavy (non-hydrogen) atoms. The normalized spacial score (nSPS) is 37.1. The van der Waals surface area contributed by atoms with E-state index in [1.807, 2.05) is 0 Å². The van der Waals surface area contributed by atoms with Crippen LogP contribution in [0, 0.1) is 17.8 Å². The summed E-state index contributed by atoms with van der Waals surface area (Å²) < 4.78 is 0. The molecule has 4 nitrogen and oxygen atoms in total. The van der Waals surface area contributed by atoms with Crippen LogP contribution < -0.4 is 5.32 Å². The molecule has 1 aromatic carbocycles. The number of rotatable bonds is 2. The molecule has 1 unspecified atom stereocenters. The molecule has 5 rings (SSSR count). The van der Waals surface area contributed by atoms with E-state index in [4.69, 9.17) is 0 Å². The summed E-state index contributed by atoms with van der Waals surface area (Å²) in [6.07, 6.45) is 3.24. The van der Waals surface area contributed by atoms with Crippen LogP contribution in [0.4, 0.5) is 0 Å². The van der Waals surface area contributed by atoms with Crippen LogP contribution in [0.5, 0.6) is 0 Å². The van der Waals surface area contributed by atoms with Gasteiger partial charge in [-0.1, -0.05) is 45.0 Å². The standard InChI is InChI=1S/C23H30N2O2/c1-22(2,3)16-6-4-14(5-7-16)20-17-12-25(13-18(17)20)21(27)15-10-23(11-15)9-8-19(26)24-23/h4-7,15,17-18,20H,8-13H2,1-3H3,(H,24,26)/t15?,17-,18+,20?,23?. The fourth-order valence-electron chi connectivity index (χ4n) is 5.80. The molecule has 2 aliphatic heterocycles. The average Bonchev–Trinajstić information content (AvgIpc) is 2.93. The zero-order chi connectivity index (χ0) is 19.0. The number of amides is 2. The van der Waals surface area contributed by atoms with Crippen molar-refractivity contribution >= 4 is 11.8 Å². The Morgan fingerprint density at radius 2 is 1.74 bits per heavy atom. The van der Waals surface area contributed by atoms with Crippen molar-refractivity contribution in [3.8, 4) is 0 Å². The molecule has 1 aromatic rings. The Balaban J connectivity index is 1.16. The van der Waals surface area contributed by atoms with Crippen molar-refractivity contribution < 1.29 is 9.59 Å². The molecule has 2 aliphatic carbocycles. The quantitative estimate of drug-likeness (QED) is 0.874. The lowest BCUT2D eigenvalue weighted by atomic mass is 9.67. The second-order valence-corrected chi connectivity index (χ2v) is 10.4. The predicted molar refractivity (Wildman–Crippen MR) is 104 cm³/mol. The minimum atomic E-state index is -0.0443. The minimum absolute atomic E-state index is 0.0443. The maximum atomic E-state index is 12.8. The number of carbonyl (C=O) groups excluding carboxylic acids is 2. The van der Waals surface area contributed by atoms with Gasteiger partial charge in [0.25, 0.3) is 0 Å². The Hall–Kier alpha value is -1.84. The van der Waals surface area contributed by atoms with Crippen LogP contribution in [0.15, 0.2) is 24.3 Å². The Kier molecular flexibility index (Phi) is 3.57. The number of hydrogen-bond donors (Lipinski definition) is 1. The molecule has 2 saturated heterocycles. The molecule has 144 valence electrons. The molecule has 4 fully saturated rings. The van der Waals surface area contributed by atoms with E-state index in [0.717, 1.165) is 32.4 Å². The molecular formula is C23H30N2O2. The number of hydrogen-bond acceptors (Lipinski definition) is 2. The van der Waals surface area contributed by atoms with E-state index in [0.29, 0.717) is 30.1 Å². The van der Waals surface area contributed by atoms with Gasteiger partial charge in [-0.2, -0.15) is 0 Å². The summed E-state index contributed by atoms with van der Waals surface area (Å²) in [5, 5.41) is 3.09. The van der Waals surface area contributed by atoms with Gasteiger partial charge >= 0.3 is 0 Å². The van der Waals surface area contributed by atoms with E-state index in [-0.39, 0.29) is 22.8 Å². The number of carbonyl (C=O) groups is 2. The summed E-state index contributed by atoms with van der Waals surface area (Å²) >= 11 is 0. The van der Waals surface area contributed by atoms with E-state index in [2.05, 4.69) is 55.3 Å². The van der Waals surface area contributed by atoms with Crippen molar-refractivity contribution in [2.75, 3.05) is 13.1 Å². The third-order valence-corrected chi connectivity index (χ3v) is 7.53. The molecule has 1 N–H and O–H groups in total. The van der Waals surface area contributed by atoms with Gasteiger partial charge in [-0.25, -0.2) is 0 Å². The highest BCUT2D eigenvalue weighted by atomic mass is 16.2. The van der Waals surface area contributed by atoms with Crippen molar-refractivity contribution in [1.29, 1.82) is 0 Å². The predicted octanol–water partition coefficient (Wildman–Crippen LogP) is 3.21. The maximum absolute atomic E-state index is 12.8. The SMILES string of the molecule is CC(C)(C)c1ccc(C2[C@H]3CN(C(=O)C4CC5(CCC(=O)N5)C4)C[C@@H]23)cc1. The Morgan fingerprint density at radius 3 is 2.26 bits per heavy atom. The Labute approximate surface area is 161 Å². The van der Waals surface area contributed by atoms with Gasteiger partial charge in [0.15, 0.2) is 0 Å². The summed E-state index contributed by atoms with van der Waals surface area (Å²) in [4.78, 5) is 26.4. The highest BCUT2D eigenvalue weighted by Gasteiger charge is 2.59. The highest BCUT2D eigenvalue weighted by molar-refractivity contribution is 5.84. The Bertz CT molecular complexity index is 774. The van der Waals surface area contributed by atoms with Crippen molar-refractivity contribution in [2.45, 2.75) is 63.3 Å². The monoisotopic (exact) mass is 366 g/mol. The van der Waals surface area contributed by atoms with Gasteiger partial charge in [0, 0.05) is 31.0 Å². The van der Waals surface area contributed by atoms with Gasteiger partial charge in [0.1, 0.15) is 0 Å². The number of likely N-dealkylation sites (tertiary alicyclic amines) is 1. The third kappa shape index (κ3) is 2.79. The fraction of sp³-hybridized carbons (Fsp3) is 0.652. The zero-order valence-electron chi connectivity index (χ0n) is 16.6. The average molecular weight is 367 g/mol. The van der Waals surface area contributed by atoms with Crippen LogP contribution in [0.2, 0.25) is 0 Å². The van der Waals surface area contributed by atoms with Crippen molar-refractivity contribution in [3.63, 3.8) is 0 Å². The number of nitrogens with zero attached hydrogens (tertiary/aromatic N) is 1. The highest BCUT2D eigenvalue weighted by Crippen LogP contribution is 2.59. The molecule has 3 atom stereocenters. The first-order valence-corrected chi connectivity index (χ1v) is 10.5. The van der Waals surface area contributed by atoms with E-state index in [9.17, 15) is 9.59 Å². The summed E-state index contributed by atoms with van der Waals surface area (Å²) in [7, 11) is 0. The van der Waals surface area contributed by atoms with E-state index in [1.165, 1.54) is 11.1 Å². The molecule has 0 aromatic heterocycles. The lowest BCUT2D eigenvalue weighted by Crippen LogP contribution is -2.56. The van der Waals surface area contributed by atoms with Crippen LogP contribution in [-0.2, 0) is 15.0 Å². The van der Waals surface area contributed by atoms with Gasteiger partial charge < -0.3 is 10.2 Å². The van der Waals surface area contributed by atoms with Gasteiger partial charge in [0.2, 0.25) is 11.8 Å². The van der Waals surface area contributed by atoms with Gasteiger partial charge in [-0.3, -0.25) is 9.59 Å². The molecule has 1 spiro atoms. The summed E-state index contributed by atoms with van der Waals surface area (Å²) in [6.45, 7) is 8.59. The second-order valence-electron chi connectivity index (χ2n) is 10.4. The molecule has 0 radical (unpaired) electrons. The molecule has 2 heterocycles. The van der Waals surface area contributed by atoms with Crippen molar-refractivity contribution in [2.24, 2.45) is 17.8 Å².